The first-order chi connectivity index (χ1) is 7.72. The molecule has 2 N–H and O–H groups in total. The van der Waals surface area contributed by atoms with Crippen LogP contribution in [-0.4, -0.2) is 24.0 Å². The van der Waals surface area contributed by atoms with Crippen molar-refractivity contribution in [1.29, 1.82) is 0 Å². The van der Waals surface area contributed by atoms with Crippen molar-refractivity contribution in [1.82, 2.24) is 10.6 Å². The van der Waals surface area contributed by atoms with Gasteiger partial charge in [-0.15, -0.1) is 0 Å². The van der Waals surface area contributed by atoms with Gasteiger partial charge in [0.2, 0.25) is 5.91 Å². The van der Waals surface area contributed by atoms with E-state index in [1.54, 1.807) is 0 Å². The van der Waals surface area contributed by atoms with Crippen LogP contribution in [0.1, 0.15) is 45.4 Å². The van der Waals surface area contributed by atoms with E-state index in [0.29, 0.717) is 12.1 Å². The predicted molar refractivity (Wildman–Crippen MR) is 63.0 cm³/mol. The quantitative estimate of drug-likeness (QED) is 0.742. The Morgan fingerprint density at radius 1 is 1.25 bits per heavy atom. The molecule has 3 rings (SSSR count). The van der Waals surface area contributed by atoms with Crippen molar-refractivity contribution >= 4 is 5.91 Å². The highest BCUT2D eigenvalue weighted by molar-refractivity contribution is 5.82. The minimum atomic E-state index is 0.112. The van der Waals surface area contributed by atoms with Gasteiger partial charge in [-0.05, 0) is 37.5 Å². The number of fused-ring (bicyclic) bond motifs is 1. The number of carbonyl (C=O) groups is 1. The van der Waals surface area contributed by atoms with Gasteiger partial charge >= 0.3 is 0 Å². The van der Waals surface area contributed by atoms with E-state index in [0.717, 1.165) is 18.3 Å². The van der Waals surface area contributed by atoms with Gasteiger partial charge in [0.15, 0.2) is 0 Å². The van der Waals surface area contributed by atoms with E-state index in [1.165, 1.54) is 32.1 Å². The van der Waals surface area contributed by atoms with Crippen LogP contribution in [0, 0.1) is 11.8 Å². The van der Waals surface area contributed by atoms with Crippen LogP contribution in [0.5, 0.6) is 0 Å². The molecule has 0 unspecified atom stereocenters. The fourth-order valence-electron chi connectivity index (χ4n) is 3.39. The van der Waals surface area contributed by atoms with Gasteiger partial charge in [-0.25, -0.2) is 0 Å². The summed E-state index contributed by atoms with van der Waals surface area (Å²) in [6.45, 7) is 2.29. The number of nitrogens with one attached hydrogen (secondary N) is 2. The molecule has 3 nitrogen and oxygen atoms in total. The Labute approximate surface area is 97.4 Å². The average Bonchev–Trinajstić information content (AvgIpc) is 2.86. The zero-order chi connectivity index (χ0) is 11.1. The molecule has 0 bridgehead atoms. The monoisotopic (exact) mass is 222 g/mol. The number of piperidine rings is 1. The maximum atomic E-state index is 12.0. The summed E-state index contributed by atoms with van der Waals surface area (Å²) >= 11 is 0. The molecule has 3 fully saturated rings. The molecular formula is C13H22N2O. The molecule has 0 radical (unpaired) electrons. The van der Waals surface area contributed by atoms with E-state index in [4.69, 9.17) is 0 Å². The molecule has 3 heteroatoms. The van der Waals surface area contributed by atoms with Gasteiger partial charge in [-0.1, -0.05) is 19.8 Å². The fourth-order valence-corrected chi connectivity index (χ4v) is 3.39. The smallest absolute Gasteiger partial charge is 0.237 e. The number of carbonyl (C=O) groups excluding carboxylic acids is 1. The summed E-state index contributed by atoms with van der Waals surface area (Å²) in [6.07, 6.45) is 7.32. The second-order valence-electron chi connectivity index (χ2n) is 6.03. The second kappa shape index (κ2) is 4.02. The highest BCUT2D eigenvalue weighted by Crippen LogP contribution is 2.40. The maximum Gasteiger partial charge on any atom is 0.237 e. The molecule has 1 aliphatic heterocycles. The van der Waals surface area contributed by atoms with E-state index in [9.17, 15) is 4.79 Å². The lowest BCUT2D eigenvalue weighted by atomic mass is 9.87. The van der Waals surface area contributed by atoms with Gasteiger partial charge in [0, 0.05) is 12.1 Å². The first-order valence-corrected chi connectivity index (χ1v) is 6.79. The lowest BCUT2D eigenvalue weighted by Crippen LogP contribution is -2.47. The van der Waals surface area contributed by atoms with Crippen molar-refractivity contribution in [2.75, 3.05) is 0 Å². The van der Waals surface area contributed by atoms with Crippen LogP contribution in [0.4, 0.5) is 0 Å². The summed E-state index contributed by atoms with van der Waals surface area (Å²) in [5.41, 5.74) is 0. The highest BCUT2D eigenvalue weighted by atomic mass is 16.2. The zero-order valence-corrected chi connectivity index (χ0v) is 10.0. The Balaban J connectivity index is 1.48. The van der Waals surface area contributed by atoms with Crippen molar-refractivity contribution in [3.05, 3.63) is 0 Å². The third-order valence-corrected chi connectivity index (χ3v) is 4.48. The van der Waals surface area contributed by atoms with E-state index in [2.05, 4.69) is 17.6 Å². The number of hydrogen-bond acceptors (Lipinski definition) is 2. The SMILES string of the molecule is C[C@@H]1CCC[C@H](NC(=O)[C@@H]2C[C@H]3C[C@H]3N2)C1. The Kier molecular flexibility index (Phi) is 2.66. The van der Waals surface area contributed by atoms with Gasteiger partial charge in [0.25, 0.3) is 0 Å². The highest BCUT2D eigenvalue weighted by Gasteiger charge is 2.47. The van der Waals surface area contributed by atoms with Gasteiger partial charge in [0.05, 0.1) is 6.04 Å². The Hall–Kier alpha value is -0.570. The van der Waals surface area contributed by atoms with Crippen LogP contribution < -0.4 is 10.6 Å². The largest absolute Gasteiger partial charge is 0.352 e. The minimum absolute atomic E-state index is 0.112. The van der Waals surface area contributed by atoms with E-state index < -0.39 is 0 Å². The molecule has 5 atom stereocenters. The summed E-state index contributed by atoms with van der Waals surface area (Å²) in [5.74, 6) is 1.84. The number of hydrogen-bond donors (Lipinski definition) is 2. The Bertz CT molecular complexity index is 282. The summed E-state index contributed by atoms with van der Waals surface area (Å²) < 4.78 is 0. The fraction of sp³-hybridized carbons (Fsp3) is 0.923. The van der Waals surface area contributed by atoms with Crippen molar-refractivity contribution in [2.45, 2.75) is 63.6 Å². The Morgan fingerprint density at radius 3 is 2.81 bits per heavy atom. The van der Waals surface area contributed by atoms with Crippen LogP contribution in [0.2, 0.25) is 0 Å². The topological polar surface area (TPSA) is 41.1 Å². The standard InChI is InChI=1S/C13H22N2O/c1-8-3-2-4-10(5-8)14-13(16)12-7-9-6-11(9)15-12/h8-12,15H,2-7H2,1H3,(H,14,16)/t8-,9-,10+,11-,12+/m1/s1. The molecular weight excluding hydrogens is 200 g/mol. The molecule has 0 aromatic carbocycles. The van der Waals surface area contributed by atoms with Crippen LogP contribution >= 0.6 is 0 Å². The minimum Gasteiger partial charge on any atom is -0.352 e. The molecule has 0 aromatic heterocycles. The first kappa shape index (κ1) is 10.6. The summed E-state index contributed by atoms with van der Waals surface area (Å²) in [6, 6.07) is 1.22. The van der Waals surface area contributed by atoms with Gasteiger partial charge in [-0.3, -0.25) is 4.79 Å². The number of rotatable bonds is 2. The predicted octanol–water partition coefficient (Wildman–Crippen LogP) is 1.43. The lowest BCUT2D eigenvalue weighted by molar-refractivity contribution is -0.124. The second-order valence-corrected chi connectivity index (χ2v) is 6.03. The zero-order valence-electron chi connectivity index (χ0n) is 10.0. The summed E-state index contributed by atoms with van der Waals surface area (Å²) in [7, 11) is 0. The van der Waals surface area contributed by atoms with Gasteiger partial charge < -0.3 is 10.6 Å². The molecule has 90 valence electrons. The van der Waals surface area contributed by atoms with Crippen molar-refractivity contribution in [3.63, 3.8) is 0 Å². The third kappa shape index (κ3) is 2.10. The maximum absolute atomic E-state index is 12.0. The van der Waals surface area contributed by atoms with Crippen LogP contribution in [-0.2, 0) is 4.79 Å². The van der Waals surface area contributed by atoms with E-state index in [-0.39, 0.29) is 11.9 Å². The average molecular weight is 222 g/mol. The first-order valence-electron chi connectivity index (χ1n) is 6.79. The van der Waals surface area contributed by atoms with Crippen LogP contribution in [0.3, 0.4) is 0 Å². The van der Waals surface area contributed by atoms with Crippen LogP contribution in [0.15, 0.2) is 0 Å². The normalized spacial score (nSPS) is 46.2. The molecule has 16 heavy (non-hydrogen) atoms. The van der Waals surface area contributed by atoms with E-state index >= 15 is 0 Å². The van der Waals surface area contributed by atoms with Crippen molar-refractivity contribution < 1.29 is 4.79 Å². The summed E-state index contributed by atoms with van der Waals surface area (Å²) in [4.78, 5) is 12.0. The molecule has 1 amide bonds. The lowest BCUT2D eigenvalue weighted by Gasteiger charge is -2.28. The Morgan fingerprint density at radius 2 is 2.12 bits per heavy atom. The molecule has 3 aliphatic rings. The molecule has 1 heterocycles. The third-order valence-electron chi connectivity index (χ3n) is 4.48. The van der Waals surface area contributed by atoms with Gasteiger partial charge in [0.1, 0.15) is 0 Å². The van der Waals surface area contributed by atoms with Crippen LogP contribution in [0.25, 0.3) is 0 Å². The molecule has 0 aromatic rings. The van der Waals surface area contributed by atoms with E-state index in [1.807, 2.05) is 0 Å². The molecule has 2 aliphatic carbocycles. The number of amides is 1. The van der Waals surface area contributed by atoms with Crippen molar-refractivity contribution in [2.24, 2.45) is 11.8 Å². The molecule has 2 saturated carbocycles. The molecule has 1 saturated heterocycles. The van der Waals surface area contributed by atoms with Crippen molar-refractivity contribution in [3.8, 4) is 0 Å². The van der Waals surface area contributed by atoms with Gasteiger partial charge in [-0.2, -0.15) is 0 Å². The molecule has 0 spiro atoms. The summed E-state index contributed by atoms with van der Waals surface area (Å²) in [5, 5.41) is 6.65.